The first-order valence-corrected chi connectivity index (χ1v) is 5.58. The quantitative estimate of drug-likeness (QED) is 0.534. The Bertz CT molecular complexity index is 203. The van der Waals surface area contributed by atoms with E-state index >= 15 is 0 Å². The lowest BCUT2D eigenvalue weighted by Gasteiger charge is -2.38. The molecular formula is C11H23N3. The average molecular weight is 197 g/mol. The van der Waals surface area contributed by atoms with E-state index in [9.17, 15) is 0 Å². The third-order valence-corrected chi connectivity index (χ3v) is 3.29. The van der Waals surface area contributed by atoms with E-state index in [1.54, 1.807) is 0 Å². The summed E-state index contributed by atoms with van der Waals surface area (Å²) in [4.78, 5) is 2.47. The molecule has 3 N–H and O–H groups in total. The number of nitrogens with two attached hydrogens (primary N) is 1. The maximum atomic E-state index is 7.39. The summed E-state index contributed by atoms with van der Waals surface area (Å²) >= 11 is 0. The molecule has 82 valence electrons. The highest BCUT2D eigenvalue weighted by Crippen LogP contribution is 2.21. The van der Waals surface area contributed by atoms with Crippen molar-refractivity contribution in [1.29, 1.82) is 5.41 Å². The number of hydrogen-bond donors (Lipinski definition) is 2. The summed E-state index contributed by atoms with van der Waals surface area (Å²) < 4.78 is 0. The zero-order valence-electron chi connectivity index (χ0n) is 9.59. The fourth-order valence-electron chi connectivity index (χ4n) is 2.08. The molecule has 1 fully saturated rings. The number of hydrogen-bond acceptors (Lipinski definition) is 2. The van der Waals surface area contributed by atoms with E-state index < -0.39 is 0 Å². The summed E-state index contributed by atoms with van der Waals surface area (Å²) in [5.41, 5.74) is 5.49. The van der Waals surface area contributed by atoms with Crippen molar-refractivity contribution in [2.45, 2.75) is 39.7 Å². The number of nitrogens with zero attached hydrogens (tertiary/aromatic N) is 1. The molecule has 3 unspecified atom stereocenters. The molecule has 0 saturated carbocycles. The van der Waals surface area contributed by atoms with Gasteiger partial charge in [0, 0.05) is 25.0 Å². The van der Waals surface area contributed by atoms with E-state index in [0.717, 1.165) is 12.5 Å². The normalized spacial score (nSPS) is 31.4. The standard InChI is InChI=1S/C11H23N3/c1-8-4-5-10(3)14(6-8)7-9(2)11(12)13/h8-10H,4-7H2,1-3H3,(H3,12,13). The van der Waals surface area contributed by atoms with Crippen molar-refractivity contribution in [3.8, 4) is 0 Å². The van der Waals surface area contributed by atoms with E-state index in [2.05, 4.69) is 18.7 Å². The van der Waals surface area contributed by atoms with E-state index in [1.807, 2.05) is 6.92 Å². The van der Waals surface area contributed by atoms with Crippen molar-refractivity contribution in [1.82, 2.24) is 4.90 Å². The van der Waals surface area contributed by atoms with Gasteiger partial charge in [0.2, 0.25) is 0 Å². The lowest BCUT2D eigenvalue weighted by Crippen LogP contribution is -2.45. The summed E-state index contributed by atoms with van der Waals surface area (Å²) in [6, 6.07) is 0.660. The number of rotatable bonds is 3. The minimum atomic E-state index is 0.197. The van der Waals surface area contributed by atoms with Crippen LogP contribution in [0.15, 0.2) is 0 Å². The smallest absolute Gasteiger partial charge is 0.0947 e. The third-order valence-electron chi connectivity index (χ3n) is 3.29. The van der Waals surface area contributed by atoms with Crippen LogP contribution in [0.5, 0.6) is 0 Å². The van der Waals surface area contributed by atoms with Crippen LogP contribution >= 0.6 is 0 Å². The van der Waals surface area contributed by atoms with E-state index in [-0.39, 0.29) is 5.92 Å². The Kier molecular flexibility index (Phi) is 3.93. The largest absolute Gasteiger partial charge is 0.387 e. The zero-order valence-corrected chi connectivity index (χ0v) is 9.59. The second-order valence-corrected chi connectivity index (χ2v) is 4.84. The van der Waals surface area contributed by atoms with E-state index in [1.165, 1.54) is 19.4 Å². The van der Waals surface area contributed by atoms with Gasteiger partial charge in [-0.05, 0) is 25.7 Å². The Labute approximate surface area is 87.2 Å². The molecule has 1 aliphatic rings. The molecule has 0 aromatic heterocycles. The predicted octanol–water partition coefficient (Wildman–Crippen LogP) is 1.68. The third kappa shape index (κ3) is 2.98. The van der Waals surface area contributed by atoms with Crippen LogP contribution in [0.3, 0.4) is 0 Å². The van der Waals surface area contributed by atoms with E-state index in [0.29, 0.717) is 11.9 Å². The van der Waals surface area contributed by atoms with Crippen LogP contribution in [0.1, 0.15) is 33.6 Å². The van der Waals surface area contributed by atoms with Crippen molar-refractivity contribution in [2.75, 3.05) is 13.1 Å². The summed E-state index contributed by atoms with van der Waals surface area (Å²) in [5.74, 6) is 1.31. The van der Waals surface area contributed by atoms with Crippen LogP contribution in [0.25, 0.3) is 0 Å². The lowest BCUT2D eigenvalue weighted by molar-refractivity contribution is 0.117. The molecule has 1 aliphatic heterocycles. The molecule has 0 aromatic carbocycles. The molecule has 14 heavy (non-hydrogen) atoms. The first-order valence-electron chi connectivity index (χ1n) is 5.58. The zero-order chi connectivity index (χ0) is 10.7. The fraction of sp³-hybridized carbons (Fsp3) is 0.909. The maximum absolute atomic E-state index is 7.39. The van der Waals surface area contributed by atoms with Crippen LogP contribution in [-0.2, 0) is 0 Å². The molecule has 0 spiro atoms. The molecule has 1 rings (SSSR count). The van der Waals surface area contributed by atoms with Gasteiger partial charge >= 0.3 is 0 Å². The van der Waals surface area contributed by atoms with Crippen molar-refractivity contribution >= 4 is 5.84 Å². The van der Waals surface area contributed by atoms with Crippen LogP contribution in [-0.4, -0.2) is 29.9 Å². The average Bonchev–Trinajstić information content (AvgIpc) is 2.11. The Morgan fingerprint density at radius 2 is 2.14 bits per heavy atom. The highest BCUT2D eigenvalue weighted by molar-refractivity contribution is 5.79. The SMILES string of the molecule is CC1CCC(C)N(CC(C)C(=N)N)C1. The van der Waals surface area contributed by atoms with Gasteiger partial charge in [0.25, 0.3) is 0 Å². The molecule has 0 bridgehead atoms. The molecule has 3 atom stereocenters. The molecule has 1 saturated heterocycles. The van der Waals surface area contributed by atoms with Crippen LogP contribution in [0.2, 0.25) is 0 Å². The van der Waals surface area contributed by atoms with E-state index in [4.69, 9.17) is 11.1 Å². The first kappa shape index (κ1) is 11.5. The molecule has 0 aliphatic carbocycles. The molecule has 0 aromatic rings. The van der Waals surface area contributed by atoms with Gasteiger partial charge in [-0.1, -0.05) is 13.8 Å². The summed E-state index contributed by atoms with van der Waals surface area (Å²) in [6.07, 6.45) is 2.62. The van der Waals surface area contributed by atoms with Crippen LogP contribution in [0.4, 0.5) is 0 Å². The topological polar surface area (TPSA) is 53.1 Å². The van der Waals surface area contributed by atoms with Gasteiger partial charge in [0.05, 0.1) is 5.84 Å². The monoisotopic (exact) mass is 197 g/mol. The van der Waals surface area contributed by atoms with Crippen molar-refractivity contribution in [3.05, 3.63) is 0 Å². The number of likely N-dealkylation sites (tertiary alicyclic amines) is 1. The van der Waals surface area contributed by atoms with Crippen LogP contribution < -0.4 is 5.73 Å². The Morgan fingerprint density at radius 3 is 2.71 bits per heavy atom. The lowest BCUT2D eigenvalue weighted by atomic mass is 9.94. The molecule has 0 radical (unpaired) electrons. The molecule has 0 amide bonds. The van der Waals surface area contributed by atoms with Crippen molar-refractivity contribution in [3.63, 3.8) is 0 Å². The molecule has 3 nitrogen and oxygen atoms in total. The minimum absolute atomic E-state index is 0.197. The Balaban J connectivity index is 2.45. The molecular weight excluding hydrogens is 174 g/mol. The van der Waals surface area contributed by atoms with Crippen molar-refractivity contribution < 1.29 is 0 Å². The molecule has 1 heterocycles. The summed E-state index contributed by atoms with van der Waals surface area (Å²) in [5, 5.41) is 7.39. The number of amidine groups is 1. The Morgan fingerprint density at radius 1 is 1.50 bits per heavy atom. The summed E-state index contributed by atoms with van der Waals surface area (Å²) in [7, 11) is 0. The molecule has 3 heteroatoms. The highest BCUT2D eigenvalue weighted by Gasteiger charge is 2.24. The van der Waals surface area contributed by atoms with Crippen LogP contribution in [0, 0.1) is 17.2 Å². The number of piperidine rings is 1. The highest BCUT2D eigenvalue weighted by atomic mass is 15.2. The van der Waals surface area contributed by atoms with Gasteiger partial charge in [-0.15, -0.1) is 0 Å². The Hall–Kier alpha value is -0.570. The second kappa shape index (κ2) is 4.78. The van der Waals surface area contributed by atoms with Gasteiger partial charge < -0.3 is 5.73 Å². The minimum Gasteiger partial charge on any atom is -0.387 e. The van der Waals surface area contributed by atoms with Gasteiger partial charge in [-0.2, -0.15) is 0 Å². The fourth-order valence-corrected chi connectivity index (χ4v) is 2.08. The first-order chi connectivity index (χ1) is 6.50. The van der Waals surface area contributed by atoms with Gasteiger partial charge in [-0.25, -0.2) is 0 Å². The van der Waals surface area contributed by atoms with Gasteiger partial charge in [-0.3, -0.25) is 10.3 Å². The summed E-state index contributed by atoms with van der Waals surface area (Å²) in [6.45, 7) is 8.73. The van der Waals surface area contributed by atoms with Gasteiger partial charge in [0.1, 0.15) is 0 Å². The second-order valence-electron chi connectivity index (χ2n) is 4.84. The number of nitrogens with one attached hydrogen (secondary N) is 1. The maximum Gasteiger partial charge on any atom is 0.0947 e. The van der Waals surface area contributed by atoms with Gasteiger partial charge in [0.15, 0.2) is 0 Å². The van der Waals surface area contributed by atoms with Crippen molar-refractivity contribution in [2.24, 2.45) is 17.6 Å². The predicted molar refractivity (Wildman–Crippen MR) is 60.5 cm³/mol.